The maximum Gasteiger partial charge on any atom is 0.0519 e. The quantitative estimate of drug-likeness (QED) is 0.525. The van der Waals surface area contributed by atoms with Crippen LogP contribution in [-0.2, 0) is 9.47 Å². The monoisotopic (exact) mass is 173 g/mol. The molecule has 0 aromatic heterocycles. The molecule has 0 amide bonds. The Morgan fingerprint density at radius 3 is 2.58 bits per heavy atom. The van der Waals surface area contributed by atoms with Gasteiger partial charge in [-0.05, 0) is 33.1 Å². The molecule has 0 N–H and O–H groups in total. The average molecular weight is 173 g/mol. The fraction of sp³-hybridized carbons (Fsp3) is 0.900. The molecule has 1 radical (unpaired) electrons. The van der Waals surface area contributed by atoms with Gasteiger partial charge in [-0.15, -0.1) is 0 Å². The van der Waals surface area contributed by atoms with E-state index in [0.29, 0.717) is 6.10 Å². The summed E-state index contributed by atoms with van der Waals surface area (Å²) in [5, 5.41) is 0. The molecule has 2 nitrogen and oxygen atoms in total. The number of ether oxygens (including phenoxy) is 2. The molecule has 0 saturated heterocycles. The van der Waals surface area contributed by atoms with E-state index in [1.807, 2.05) is 13.8 Å². The Morgan fingerprint density at radius 1 is 1.25 bits per heavy atom. The van der Waals surface area contributed by atoms with Crippen LogP contribution in [0.25, 0.3) is 0 Å². The summed E-state index contributed by atoms with van der Waals surface area (Å²) in [5.74, 6) is 0. The summed E-state index contributed by atoms with van der Waals surface area (Å²) in [6, 6.07) is 0. The maximum atomic E-state index is 5.34. The normalized spacial score (nSPS) is 11.0. The Labute approximate surface area is 76.3 Å². The maximum absolute atomic E-state index is 5.34. The minimum absolute atomic E-state index is 0.331. The fourth-order valence-corrected chi connectivity index (χ4v) is 0.757. The third-order valence-corrected chi connectivity index (χ3v) is 1.36. The first kappa shape index (κ1) is 11.9. The van der Waals surface area contributed by atoms with E-state index in [1.54, 1.807) is 0 Å². The lowest BCUT2D eigenvalue weighted by atomic mass is 10.3. The van der Waals surface area contributed by atoms with Crippen LogP contribution in [0.15, 0.2) is 0 Å². The van der Waals surface area contributed by atoms with Crippen molar-refractivity contribution in [3.05, 3.63) is 6.42 Å². The minimum atomic E-state index is 0.331. The van der Waals surface area contributed by atoms with Crippen molar-refractivity contribution in [1.29, 1.82) is 0 Å². The Balaban J connectivity index is 2.82. The molecule has 73 valence electrons. The van der Waals surface area contributed by atoms with E-state index in [0.717, 1.165) is 32.7 Å². The fourth-order valence-electron chi connectivity index (χ4n) is 0.757. The van der Waals surface area contributed by atoms with Gasteiger partial charge in [-0.1, -0.05) is 6.92 Å². The molecule has 0 aromatic carbocycles. The summed E-state index contributed by atoms with van der Waals surface area (Å²) in [5.41, 5.74) is 0. The molecule has 12 heavy (non-hydrogen) atoms. The topological polar surface area (TPSA) is 18.5 Å². The summed E-state index contributed by atoms with van der Waals surface area (Å²) < 4.78 is 10.6. The van der Waals surface area contributed by atoms with Crippen molar-refractivity contribution in [1.82, 2.24) is 0 Å². The van der Waals surface area contributed by atoms with Gasteiger partial charge in [0.25, 0.3) is 0 Å². The largest absolute Gasteiger partial charge is 0.381 e. The third kappa shape index (κ3) is 9.92. The average Bonchev–Trinajstić information content (AvgIpc) is 2.02. The highest BCUT2D eigenvalue weighted by molar-refractivity contribution is 4.62. The van der Waals surface area contributed by atoms with E-state index < -0.39 is 0 Å². The Morgan fingerprint density at radius 2 is 2.00 bits per heavy atom. The van der Waals surface area contributed by atoms with Gasteiger partial charge in [-0.2, -0.15) is 0 Å². The molecule has 0 saturated carbocycles. The standard InChI is InChI=1S/C10H21O2/c1-4-7-11-8-5-6-9-12-10(2)3/h6,10H,4-5,7-9H2,1-3H3. The van der Waals surface area contributed by atoms with Gasteiger partial charge in [0, 0.05) is 13.2 Å². The van der Waals surface area contributed by atoms with Gasteiger partial charge >= 0.3 is 0 Å². The molecule has 0 fully saturated rings. The first-order valence-electron chi connectivity index (χ1n) is 4.78. The lowest BCUT2D eigenvalue weighted by Gasteiger charge is -2.06. The van der Waals surface area contributed by atoms with Gasteiger partial charge in [0.1, 0.15) is 0 Å². The molecule has 0 heterocycles. The van der Waals surface area contributed by atoms with Gasteiger partial charge < -0.3 is 9.47 Å². The zero-order chi connectivity index (χ0) is 9.23. The smallest absolute Gasteiger partial charge is 0.0519 e. The van der Waals surface area contributed by atoms with E-state index in [1.165, 1.54) is 0 Å². The lowest BCUT2D eigenvalue weighted by Crippen LogP contribution is -2.05. The summed E-state index contributed by atoms with van der Waals surface area (Å²) in [6.07, 6.45) is 4.54. The first-order chi connectivity index (χ1) is 5.77. The first-order valence-corrected chi connectivity index (χ1v) is 4.78. The summed E-state index contributed by atoms with van der Waals surface area (Å²) in [7, 11) is 0. The molecule has 0 aliphatic heterocycles. The van der Waals surface area contributed by atoms with E-state index in [9.17, 15) is 0 Å². The van der Waals surface area contributed by atoms with Crippen LogP contribution in [0.1, 0.15) is 33.6 Å². The van der Waals surface area contributed by atoms with Crippen LogP contribution in [0.3, 0.4) is 0 Å². The molecular weight excluding hydrogens is 152 g/mol. The van der Waals surface area contributed by atoms with Gasteiger partial charge in [0.2, 0.25) is 0 Å². The van der Waals surface area contributed by atoms with Crippen molar-refractivity contribution in [2.75, 3.05) is 19.8 Å². The molecule has 0 unspecified atom stereocenters. The van der Waals surface area contributed by atoms with Crippen LogP contribution in [0, 0.1) is 6.42 Å². The Hall–Kier alpha value is -0.0800. The highest BCUT2D eigenvalue weighted by Crippen LogP contribution is 1.94. The lowest BCUT2D eigenvalue weighted by molar-refractivity contribution is 0.0873. The molecule has 0 rings (SSSR count). The highest BCUT2D eigenvalue weighted by atomic mass is 16.5. The van der Waals surface area contributed by atoms with Gasteiger partial charge in [0.15, 0.2) is 0 Å². The van der Waals surface area contributed by atoms with Crippen LogP contribution >= 0.6 is 0 Å². The van der Waals surface area contributed by atoms with Gasteiger partial charge in [-0.3, -0.25) is 0 Å². The predicted molar refractivity (Wildman–Crippen MR) is 51.1 cm³/mol. The minimum Gasteiger partial charge on any atom is -0.381 e. The van der Waals surface area contributed by atoms with E-state index in [2.05, 4.69) is 13.3 Å². The molecule has 0 spiro atoms. The van der Waals surface area contributed by atoms with Crippen LogP contribution in [0.2, 0.25) is 0 Å². The van der Waals surface area contributed by atoms with Gasteiger partial charge in [0.05, 0.1) is 12.7 Å². The molecule has 0 atom stereocenters. The van der Waals surface area contributed by atoms with Crippen molar-refractivity contribution in [3.63, 3.8) is 0 Å². The summed E-state index contributed by atoms with van der Waals surface area (Å²) in [4.78, 5) is 0. The number of hydrogen-bond donors (Lipinski definition) is 0. The van der Waals surface area contributed by atoms with Gasteiger partial charge in [-0.25, -0.2) is 0 Å². The molecular formula is C10H21O2. The Bertz CT molecular complexity index is 81.9. The summed E-state index contributed by atoms with van der Waals surface area (Å²) >= 11 is 0. The van der Waals surface area contributed by atoms with Crippen LogP contribution in [0.5, 0.6) is 0 Å². The van der Waals surface area contributed by atoms with Crippen LogP contribution in [-0.4, -0.2) is 25.9 Å². The zero-order valence-corrected chi connectivity index (χ0v) is 8.51. The molecule has 0 aliphatic carbocycles. The van der Waals surface area contributed by atoms with E-state index in [4.69, 9.17) is 9.47 Å². The number of hydrogen-bond acceptors (Lipinski definition) is 2. The van der Waals surface area contributed by atoms with Crippen molar-refractivity contribution in [3.8, 4) is 0 Å². The SMILES string of the molecule is CCCOCC[CH]COC(C)C. The van der Waals surface area contributed by atoms with Crippen LogP contribution < -0.4 is 0 Å². The second kappa shape index (κ2) is 9.01. The number of rotatable bonds is 8. The van der Waals surface area contributed by atoms with Crippen molar-refractivity contribution in [2.24, 2.45) is 0 Å². The molecule has 0 aromatic rings. The third-order valence-electron chi connectivity index (χ3n) is 1.36. The second-order valence-corrected chi connectivity index (χ2v) is 3.07. The highest BCUT2D eigenvalue weighted by Gasteiger charge is 1.93. The molecule has 0 bridgehead atoms. The van der Waals surface area contributed by atoms with Crippen molar-refractivity contribution in [2.45, 2.75) is 39.7 Å². The number of unbranched alkanes of at least 4 members (excludes halogenated alkanes) is 1. The van der Waals surface area contributed by atoms with E-state index >= 15 is 0 Å². The second-order valence-electron chi connectivity index (χ2n) is 3.07. The van der Waals surface area contributed by atoms with Crippen molar-refractivity contribution < 1.29 is 9.47 Å². The predicted octanol–water partition coefficient (Wildman–Crippen LogP) is 2.43. The summed E-state index contributed by atoms with van der Waals surface area (Å²) in [6.45, 7) is 8.65. The Kier molecular flexibility index (Phi) is 8.95. The van der Waals surface area contributed by atoms with Crippen LogP contribution in [0.4, 0.5) is 0 Å². The van der Waals surface area contributed by atoms with Crippen molar-refractivity contribution >= 4 is 0 Å². The molecule has 0 aliphatic rings. The molecule has 2 heteroatoms. The zero-order valence-electron chi connectivity index (χ0n) is 8.51. The van der Waals surface area contributed by atoms with E-state index in [-0.39, 0.29) is 0 Å².